The molecular weight excluding hydrogens is 356 g/mol. The Morgan fingerprint density at radius 3 is 2.43 bits per heavy atom. The summed E-state index contributed by atoms with van der Waals surface area (Å²) in [5, 5.41) is 5.42. The average Bonchev–Trinajstić information content (AvgIpc) is 3.36. The number of rotatable bonds is 7. The fraction of sp³-hybridized carbons (Fsp3) is 0.429. The molecule has 1 aromatic carbocycles. The van der Waals surface area contributed by atoms with Crippen molar-refractivity contribution in [3.63, 3.8) is 0 Å². The lowest BCUT2D eigenvalue weighted by Crippen LogP contribution is -2.41. The van der Waals surface area contributed by atoms with Crippen LogP contribution in [0.15, 0.2) is 42.6 Å². The van der Waals surface area contributed by atoms with E-state index in [0.29, 0.717) is 18.8 Å². The van der Waals surface area contributed by atoms with E-state index in [1.165, 1.54) is 0 Å². The van der Waals surface area contributed by atoms with Crippen LogP contribution in [0.3, 0.4) is 0 Å². The molecule has 1 atom stereocenters. The van der Waals surface area contributed by atoms with E-state index < -0.39 is 11.8 Å². The van der Waals surface area contributed by atoms with Crippen LogP contribution in [0, 0.1) is 0 Å². The van der Waals surface area contributed by atoms with Crippen molar-refractivity contribution in [2.24, 2.45) is 7.05 Å². The van der Waals surface area contributed by atoms with Gasteiger partial charge in [0.2, 0.25) is 0 Å². The number of benzene rings is 1. The lowest BCUT2D eigenvalue weighted by atomic mass is 10.1. The minimum Gasteiger partial charge on any atom is -0.494 e. The number of ether oxygens (including phenoxy) is 1. The maximum Gasteiger partial charge on any atom is 0.313 e. The number of hydrogen-bond donors (Lipinski definition) is 2. The van der Waals surface area contributed by atoms with Crippen molar-refractivity contribution in [2.75, 3.05) is 31.6 Å². The largest absolute Gasteiger partial charge is 0.494 e. The highest BCUT2D eigenvalue weighted by molar-refractivity contribution is 6.39. The molecule has 0 aliphatic carbocycles. The van der Waals surface area contributed by atoms with Gasteiger partial charge in [0.15, 0.2) is 0 Å². The van der Waals surface area contributed by atoms with E-state index in [4.69, 9.17) is 4.74 Å². The molecule has 1 aliphatic rings. The lowest BCUT2D eigenvalue weighted by molar-refractivity contribution is -0.136. The van der Waals surface area contributed by atoms with E-state index in [9.17, 15) is 9.59 Å². The van der Waals surface area contributed by atoms with Gasteiger partial charge >= 0.3 is 11.8 Å². The Hall–Kier alpha value is -2.80. The zero-order valence-electron chi connectivity index (χ0n) is 16.5. The molecule has 0 unspecified atom stereocenters. The summed E-state index contributed by atoms with van der Waals surface area (Å²) in [7, 11) is 2.00. The summed E-state index contributed by atoms with van der Waals surface area (Å²) in [6.07, 6.45) is 4.32. The summed E-state index contributed by atoms with van der Waals surface area (Å²) >= 11 is 0. The number of aromatic nitrogens is 1. The van der Waals surface area contributed by atoms with Crippen molar-refractivity contribution in [1.82, 2.24) is 14.8 Å². The maximum absolute atomic E-state index is 12.3. The molecule has 2 heterocycles. The predicted octanol–water partition coefficient (Wildman–Crippen LogP) is 2.32. The van der Waals surface area contributed by atoms with Crippen LogP contribution in [-0.4, -0.2) is 47.5 Å². The standard InChI is InChI=1S/C21H28N4O3/c1-3-28-17-10-8-16(9-11-17)23-21(27)20(26)22-15-19(25-13-4-5-14-25)18-7-6-12-24(18)2/h6-12,19H,3-5,13-15H2,1-2H3,(H,22,26)(H,23,27)/t19-/m0/s1. The molecule has 0 radical (unpaired) electrons. The second kappa shape index (κ2) is 9.41. The highest BCUT2D eigenvalue weighted by atomic mass is 16.5. The molecule has 0 bridgehead atoms. The summed E-state index contributed by atoms with van der Waals surface area (Å²) in [4.78, 5) is 26.9. The number of aryl methyl sites for hydroxylation is 1. The quantitative estimate of drug-likeness (QED) is 0.719. The van der Waals surface area contributed by atoms with Crippen LogP contribution in [0.4, 0.5) is 5.69 Å². The third kappa shape index (κ3) is 4.92. The minimum absolute atomic E-state index is 0.0599. The molecule has 1 aromatic heterocycles. The third-order valence-electron chi connectivity index (χ3n) is 4.99. The summed E-state index contributed by atoms with van der Waals surface area (Å²) < 4.78 is 7.44. The smallest absolute Gasteiger partial charge is 0.313 e. The van der Waals surface area contributed by atoms with Gasteiger partial charge < -0.3 is 19.9 Å². The number of hydrogen-bond acceptors (Lipinski definition) is 4. The summed E-state index contributed by atoms with van der Waals surface area (Å²) in [6.45, 7) is 4.89. The summed E-state index contributed by atoms with van der Waals surface area (Å²) in [5.74, 6) is -0.579. The van der Waals surface area contributed by atoms with Gasteiger partial charge in [-0.25, -0.2) is 0 Å². The van der Waals surface area contributed by atoms with Crippen molar-refractivity contribution in [1.29, 1.82) is 0 Å². The fourth-order valence-electron chi connectivity index (χ4n) is 3.55. The van der Waals surface area contributed by atoms with Gasteiger partial charge in [-0.15, -0.1) is 0 Å². The molecule has 2 amide bonds. The Balaban J connectivity index is 1.57. The van der Waals surface area contributed by atoms with Crippen LogP contribution < -0.4 is 15.4 Å². The van der Waals surface area contributed by atoms with Crippen molar-refractivity contribution < 1.29 is 14.3 Å². The van der Waals surface area contributed by atoms with Crippen LogP contribution in [0.25, 0.3) is 0 Å². The molecule has 1 fully saturated rings. The SMILES string of the molecule is CCOc1ccc(NC(=O)C(=O)NC[C@@H](c2cccn2C)N2CCCC2)cc1. The topological polar surface area (TPSA) is 75.6 Å². The van der Waals surface area contributed by atoms with Gasteiger partial charge in [-0.05, 0) is 69.3 Å². The molecule has 7 heteroatoms. The zero-order chi connectivity index (χ0) is 19.9. The first-order valence-corrected chi connectivity index (χ1v) is 9.76. The van der Waals surface area contributed by atoms with Crippen molar-refractivity contribution in [3.05, 3.63) is 48.3 Å². The van der Waals surface area contributed by atoms with Crippen molar-refractivity contribution in [2.45, 2.75) is 25.8 Å². The molecule has 7 nitrogen and oxygen atoms in total. The Morgan fingerprint density at radius 1 is 1.11 bits per heavy atom. The first-order valence-electron chi connectivity index (χ1n) is 9.76. The second-order valence-electron chi connectivity index (χ2n) is 6.92. The van der Waals surface area contributed by atoms with Crippen LogP contribution >= 0.6 is 0 Å². The monoisotopic (exact) mass is 384 g/mol. The Kier molecular flexibility index (Phi) is 6.71. The van der Waals surface area contributed by atoms with E-state index in [0.717, 1.165) is 37.4 Å². The Labute approximate surface area is 165 Å². The Morgan fingerprint density at radius 2 is 1.82 bits per heavy atom. The highest BCUT2D eigenvalue weighted by Crippen LogP contribution is 2.24. The van der Waals surface area contributed by atoms with E-state index in [2.05, 4.69) is 26.2 Å². The van der Waals surface area contributed by atoms with Gasteiger partial charge in [-0.2, -0.15) is 0 Å². The number of amides is 2. The molecule has 2 aromatic rings. The van der Waals surface area contributed by atoms with Gasteiger partial charge in [-0.1, -0.05) is 0 Å². The second-order valence-corrected chi connectivity index (χ2v) is 6.92. The first-order chi connectivity index (χ1) is 13.6. The summed E-state index contributed by atoms with van der Waals surface area (Å²) in [5.41, 5.74) is 1.69. The number of nitrogens with zero attached hydrogens (tertiary/aromatic N) is 2. The number of carbonyl (C=O) groups excluding carboxylic acids is 2. The van der Waals surface area contributed by atoms with Gasteiger partial charge in [0.1, 0.15) is 5.75 Å². The minimum atomic E-state index is -0.670. The molecule has 2 N–H and O–H groups in total. The van der Waals surface area contributed by atoms with Gasteiger partial charge in [0, 0.05) is 31.2 Å². The number of nitrogens with one attached hydrogen (secondary N) is 2. The molecule has 0 saturated carbocycles. The van der Waals surface area contributed by atoms with Crippen molar-refractivity contribution >= 4 is 17.5 Å². The molecular formula is C21H28N4O3. The number of anilines is 1. The van der Waals surface area contributed by atoms with E-state index in [1.54, 1.807) is 24.3 Å². The average molecular weight is 384 g/mol. The van der Waals surface area contributed by atoms with E-state index in [1.807, 2.05) is 26.2 Å². The molecule has 1 aliphatic heterocycles. The van der Waals surface area contributed by atoms with E-state index in [-0.39, 0.29) is 6.04 Å². The first kappa shape index (κ1) is 19.9. The lowest BCUT2D eigenvalue weighted by Gasteiger charge is -2.28. The number of carbonyl (C=O) groups is 2. The normalized spacial score (nSPS) is 15.2. The van der Waals surface area contributed by atoms with Gasteiger partial charge in [-0.3, -0.25) is 14.5 Å². The Bertz CT molecular complexity index is 794. The number of likely N-dealkylation sites (tertiary alicyclic amines) is 1. The van der Waals surface area contributed by atoms with Crippen molar-refractivity contribution in [3.8, 4) is 5.75 Å². The zero-order valence-corrected chi connectivity index (χ0v) is 16.5. The van der Waals surface area contributed by atoms with Gasteiger partial charge in [0.05, 0.1) is 12.6 Å². The molecule has 28 heavy (non-hydrogen) atoms. The van der Waals surface area contributed by atoms with Crippen LogP contribution in [-0.2, 0) is 16.6 Å². The summed E-state index contributed by atoms with van der Waals surface area (Å²) in [6, 6.07) is 11.1. The molecule has 3 rings (SSSR count). The molecule has 150 valence electrons. The van der Waals surface area contributed by atoms with Crippen LogP contribution in [0.5, 0.6) is 5.75 Å². The van der Waals surface area contributed by atoms with E-state index >= 15 is 0 Å². The fourth-order valence-corrected chi connectivity index (χ4v) is 3.55. The third-order valence-corrected chi connectivity index (χ3v) is 4.99. The van der Waals surface area contributed by atoms with Crippen LogP contribution in [0.2, 0.25) is 0 Å². The van der Waals surface area contributed by atoms with Gasteiger partial charge in [0.25, 0.3) is 0 Å². The van der Waals surface area contributed by atoms with Crippen LogP contribution in [0.1, 0.15) is 31.5 Å². The maximum atomic E-state index is 12.3. The molecule has 0 spiro atoms. The predicted molar refractivity (Wildman–Crippen MR) is 108 cm³/mol. The molecule has 1 saturated heterocycles. The highest BCUT2D eigenvalue weighted by Gasteiger charge is 2.26.